The molecule has 0 aromatic heterocycles. The third-order valence-electron chi connectivity index (χ3n) is 8.60. The average Bonchev–Trinajstić information content (AvgIpc) is 3.51. The fourth-order valence-electron chi connectivity index (χ4n) is 5.94. The zero-order chi connectivity index (χ0) is 29.8. The number of amides is 2. The van der Waals surface area contributed by atoms with Gasteiger partial charge in [0.15, 0.2) is 0 Å². The highest BCUT2D eigenvalue weighted by Crippen LogP contribution is 2.38. The van der Waals surface area contributed by atoms with Crippen LogP contribution in [0, 0.1) is 5.82 Å². The highest BCUT2D eigenvalue weighted by molar-refractivity contribution is 5.95. The summed E-state index contributed by atoms with van der Waals surface area (Å²) < 4.78 is 46.2. The molecule has 0 spiro atoms. The number of nitrogens with zero attached hydrogens (tertiary/aromatic N) is 5. The third-order valence-corrected chi connectivity index (χ3v) is 8.60. The Morgan fingerprint density at radius 3 is 2.40 bits per heavy atom. The first kappa shape index (κ1) is 29.7. The number of likely N-dealkylation sites (tertiary alicyclic amines) is 2. The minimum Gasteiger partial charge on any atom is -0.445 e. The minimum atomic E-state index is -2.78. The van der Waals surface area contributed by atoms with Gasteiger partial charge in [-0.25, -0.2) is 13.2 Å². The number of nitrogens with one attached hydrogen (secondary N) is 1. The number of hydrogen-bond acceptors (Lipinski definition) is 7. The van der Waals surface area contributed by atoms with E-state index in [1.54, 1.807) is 4.90 Å². The molecule has 3 aliphatic heterocycles. The molecule has 1 atom stereocenters. The Bertz CT molecular complexity index is 1300. The van der Waals surface area contributed by atoms with E-state index in [4.69, 9.17) is 4.74 Å². The van der Waals surface area contributed by atoms with Gasteiger partial charge >= 0.3 is 0 Å². The Kier molecular flexibility index (Phi) is 9.20. The van der Waals surface area contributed by atoms with Crippen LogP contribution in [0.15, 0.2) is 41.5 Å². The van der Waals surface area contributed by atoms with Crippen molar-refractivity contribution in [2.45, 2.75) is 56.8 Å². The maximum atomic E-state index is 15.3. The molecule has 1 unspecified atom stereocenters. The monoisotopic (exact) mass is 586 g/mol. The second-order valence-corrected chi connectivity index (χ2v) is 11.3. The Hall–Kier alpha value is -3.80. The fraction of sp³-hybridized carbons (Fsp3) is 0.500. The number of carbonyl (C=O) groups excluding carboxylic acids is 2. The number of halogens is 3. The molecule has 2 aromatic carbocycles. The van der Waals surface area contributed by atoms with E-state index < -0.39 is 18.5 Å². The van der Waals surface area contributed by atoms with Crippen molar-refractivity contribution in [2.24, 2.45) is 5.10 Å². The normalized spacial score (nSPS) is 20.2. The lowest BCUT2D eigenvalue weighted by Crippen LogP contribution is -2.42. The van der Waals surface area contributed by atoms with Gasteiger partial charge in [-0.2, -0.15) is 0 Å². The van der Waals surface area contributed by atoms with Crippen molar-refractivity contribution in [1.82, 2.24) is 15.2 Å². The quantitative estimate of drug-likeness (QED) is 0.428. The van der Waals surface area contributed by atoms with Crippen molar-refractivity contribution in [2.75, 3.05) is 50.1 Å². The number of hydrazone groups is 1. The lowest BCUT2D eigenvalue weighted by molar-refractivity contribution is -0.119. The molecule has 42 heavy (non-hydrogen) atoms. The van der Waals surface area contributed by atoms with Crippen molar-refractivity contribution in [3.8, 4) is 0 Å². The Morgan fingerprint density at radius 2 is 1.79 bits per heavy atom. The number of benzene rings is 2. The first-order chi connectivity index (χ1) is 20.3. The molecule has 0 radical (unpaired) electrons. The maximum absolute atomic E-state index is 15.3. The largest absolute Gasteiger partial charge is 0.445 e. The molecule has 12 heteroatoms. The molecule has 3 aliphatic rings. The minimum absolute atomic E-state index is 0.0217. The highest BCUT2D eigenvalue weighted by Gasteiger charge is 2.30. The highest BCUT2D eigenvalue weighted by atomic mass is 19.3. The smallest absolute Gasteiger partial charge is 0.294 e. The lowest BCUT2D eigenvalue weighted by Gasteiger charge is -2.38. The molecule has 0 bridgehead atoms. The summed E-state index contributed by atoms with van der Waals surface area (Å²) >= 11 is 0. The molecule has 226 valence electrons. The summed E-state index contributed by atoms with van der Waals surface area (Å²) in [6.07, 6.45) is 0.954. The van der Waals surface area contributed by atoms with Gasteiger partial charge in [-0.3, -0.25) is 15.0 Å². The summed E-state index contributed by atoms with van der Waals surface area (Å²) in [6.45, 7) is 3.35. The number of anilines is 2. The van der Waals surface area contributed by atoms with E-state index in [0.29, 0.717) is 31.1 Å². The van der Waals surface area contributed by atoms with Gasteiger partial charge in [0.2, 0.25) is 24.9 Å². The van der Waals surface area contributed by atoms with E-state index in [9.17, 15) is 18.4 Å². The first-order valence-electron chi connectivity index (χ1n) is 14.3. The van der Waals surface area contributed by atoms with Crippen LogP contribution in [0.25, 0.3) is 0 Å². The zero-order valence-electron chi connectivity index (χ0n) is 23.9. The molecule has 2 fully saturated rings. The Balaban J connectivity index is 1.40. The van der Waals surface area contributed by atoms with E-state index >= 15 is 4.39 Å². The molecule has 2 saturated heterocycles. The molecule has 2 aromatic rings. The van der Waals surface area contributed by atoms with Crippen LogP contribution in [-0.4, -0.2) is 87.5 Å². The summed E-state index contributed by atoms with van der Waals surface area (Å²) in [6, 6.07) is 10.6. The van der Waals surface area contributed by atoms with Crippen LogP contribution in [-0.2, 0) is 20.9 Å². The number of piperidine rings is 2. The van der Waals surface area contributed by atoms with Crippen molar-refractivity contribution >= 4 is 30.1 Å². The number of carbonyl (C=O) groups is 2. The lowest BCUT2D eigenvalue weighted by atomic mass is 9.88. The molecule has 1 N–H and O–H groups in total. The number of hydrogen-bond donors (Lipinski definition) is 1. The SMILES string of the molecule is CN1CCC(N(C)c2cc(C3CCN(C=O)CC3)ccc2N(C=O)Cc2ccc(C3=NNC(C(F)F)O3)cc2F)CC1. The topological polar surface area (TPSA) is 80.7 Å². The Labute approximate surface area is 243 Å². The van der Waals surface area contributed by atoms with Gasteiger partial charge in [0, 0.05) is 37.3 Å². The van der Waals surface area contributed by atoms with Gasteiger partial charge in [0.25, 0.3) is 6.43 Å². The second-order valence-electron chi connectivity index (χ2n) is 11.3. The predicted molar refractivity (Wildman–Crippen MR) is 154 cm³/mol. The molecule has 3 heterocycles. The predicted octanol–water partition coefficient (Wildman–Crippen LogP) is 3.73. The van der Waals surface area contributed by atoms with E-state index in [1.165, 1.54) is 23.1 Å². The number of rotatable bonds is 10. The van der Waals surface area contributed by atoms with E-state index in [1.807, 2.05) is 12.1 Å². The van der Waals surface area contributed by atoms with Crippen LogP contribution in [0.3, 0.4) is 0 Å². The van der Waals surface area contributed by atoms with Crippen LogP contribution in [0.1, 0.15) is 48.3 Å². The summed E-state index contributed by atoms with van der Waals surface area (Å²) in [5, 5.41) is 3.74. The third kappa shape index (κ3) is 6.48. The van der Waals surface area contributed by atoms with E-state index in [2.05, 4.69) is 40.5 Å². The number of alkyl halides is 2. The van der Waals surface area contributed by atoms with Crippen LogP contribution < -0.4 is 15.2 Å². The van der Waals surface area contributed by atoms with Crippen LogP contribution >= 0.6 is 0 Å². The van der Waals surface area contributed by atoms with Crippen LogP contribution in [0.4, 0.5) is 24.5 Å². The van der Waals surface area contributed by atoms with Crippen LogP contribution in [0.5, 0.6) is 0 Å². The molecule has 9 nitrogen and oxygen atoms in total. The average molecular weight is 587 g/mol. The standard InChI is InChI=1S/C30H37F3N6O3/c1-36-11-9-24(10-12-36)37(2)27-16-21(20-7-13-38(18-40)14-8-20)5-6-26(27)39(19-41)17-23-4-3-22(15-25(23)31)29-34-35-30(42-29)28(32)33/h3-6,15-16,18-20,24,28,30,35H,7-14,17H2,1-2H3. The van der Waals surface area contributed by atoms with Gasteiger partial charge in [0.1, 0.15) is 5.82 Å². The van der Waals surface area contributed by atoms with Gasteiger partial charge < -0.3 is 24.3 Å². The van der Waals surface area contributed by atoms with Crippen molar-refractivity contribution in [3.05, 3.63) is 58.9 Å². The van der Waals surface area contributed by atoms with Crippen LogP contribution in [0.2, 0.25) is 0 Å². The summed E-state index contributed by atoms with van der Waals surface area (Å²) in [7, 11) is 4.16. The van der Waals surface area contributed by atoms with E-state index in [0.717, 1.165) is 56.4 Å². The maximum Gasteiger partial charge on any atom is 0.294 e. The van der Waals surface area contributed by atoms with Gasteiger partial charge in [-0.05, 0) is 81.6 Å². The fourth-order valence-corrected chi connectivity index (χ4v) is 5.94. The van der Waals surface area contributed by atoms with Crippen molar-refractivity contribution in [3.63, 3.8) is 0 Å². The first-order valence-corrected chi connectivity index (χ1v) is 14.3. The molecular formula is C30H37F3N6O3. The van der Waals surface area contributed by atoms with Gasteiger partial charge in [0.05, 0.1) is 17.9 Å². The summed E-state index contributed by atoms with van der Waals surface area (Å²) in [4.78, 5) is 31.5. The van der Waals surface area contributed by atoms with Gasteiger partial charge in [-0.1, -0.05) is 12.1 Å². The van der Waals surface area contributed by atoms with Crippen molar-refractivity contribution in [1.29, 1.82) is 0 Å². The molecule has 0 saturated carbocycles. The second kappa shape index (κ2) is 13.0. The molecule has 5 rings (SSSR count). The van der Waals surface area contributed by atoms with Gasteiger partial charge in [-0.15, -0.1) is 5.10 Å². The zero-order valence-corrected chi connectivity index (χ0v) is 23.9. The Morgan fingerprint density at radius 1 is 1.05 bits per heavy atom. The molecular weight excluding hydrogens is 549 g/mol. The van der Waals surface area contributed by atoms with Crippen molar-refractivity contribution < 1.29 is 27.5 Å². The summed E-state index contributed by atoms with van der Waals surface area (Å²) in [5.41, 5.74) is 5.42. The van der Waals surface area contributed by atoms with E-state index in [-0.39, 0.29) is 29.6 Å². The number of ether oxygens (including phenoxy) is 1. The molecule has 2 amide bonds. The molecule has 0 aliphatic carbocycles. The summed E-state index contributed by atoms with van der Waals surface area (Å²) in [5.74, 6) is -0.418.